The van der Waals surface area contributed by atoms with Gasteiger partial charge in [0.25, 0.3) is 0 Å². The van der Waals surface area contributed by atoms with E-state index in [-0.39, 0.29) is 5.41 Å². The zero-order valence-corrected chi connectivity index (χ0v) is 25.0. The first-order valence-corrected chi connectivity index (χ1v) is 14.3. The lowest BCUT2D eigenvalue weighted by atomic mass is 9.82. The van der Waals surface area contributed by atoms with Crippen molar-refractivity contribution in [3.05, 3.63) is 108 Å². The minimum Gasteiger partial charge on any atom is -0.427 e. The van der Waals surface area contributed by atoms with E-state index in [1.165, 1.54) is 22.3 Å². The van der Waals surface area contributed by atoms with E-state index in [0.29, 0.717) is 17.5 Å². The highest BCUT2D eigenvalue weighted by molar-refractivity contribution is 6.47. The van der Waals surface area contributed by atoms with Crippen molar-refractivity contribution in [2.24, 2.45) is 0 Å². The summed E-state index contributed by atoms with van der Waals surface area (Å²) < 4.78 is 5.94. The van der Waals surface area contributed by atoms with Crippen LogP contribution in [0.25, 0.3) is 45.3 Å². The quantitative estimate of drug-likeness (QED) is 0.221. The van der Waals surface area contributed by atoms with Crippen molar-refractivity contribution in [1.29, 1.82) is 0 Å². The van der Waals surface area contributed by atoms with E-state index < -0.39 is 11.2 Å². The SMILES string of the molecule is CC1(C)c2ccccc2-c2ccc(-c3nc(-c4ccccc4)nc(-c4ccc([B]OC(C)(C)C(C)(C)O)cc4)n3)cc21. The summed E-state index contributed by atoms with van der Waals surface area (Å²) in [5.41, 5.74) is 6.97. The largest absolute Gasteiger partial charge is 0.427 e. The standard InChI is InChI=1S/C36H35BN3O2/c1-34(2)29-15-11-10-14-27(29)28-21-18-25(22-30(28)34)33-39-31(23-12-8-7-9-13-23)38-32(40-33)24-16-19-26(20-17-24)37-42-36(5,6)35(3,4)41/h7-22,41H,1-6H3. The first kappa shape index (κ1) is 28.0. The zero-order chi connectivity index (χ0) is 29.7. The molecule has 0 fully saturated rings. The average molecular weight is 553 g/mol. The van der Waals surface area contributed by atoms with Crippen molar-refractivity contribution in [1.82, 2.24) is 15.0 Å². The van der Waals surface area contributed by atoms with Gasteiger partial charge in [-0.05, 0) is 56.0 Å². The summed E-state index contributed by atoms with van der Waals surface area (Å²) in [6.07, 6.45) is 0. The lowest BCUT2D eigenvalue weighted by molar-refractivity contribution is -0.0893. The second-order valence-electron chi connectivity index (χ2n) is 12.5. The van der Waals surface area contributed by atoms with Crippen LogP contribution in [0.4, 0.5) is 0 Å². The minimum absolute atomic E-state index is 0.117. The molecule has 0 aliphatic heterocycles. The Morgan fingerprint density at radius 2 is 1.14 bits per heavy atom. The van der Waals surface area contributed by atoms with Gasteiger partial charge in [-0.1, -0.05) is 110 Å². The monoisotopic (exact) mass is 552 g/mol. The van der Waals surface area contributed by atoms with Crippen molar-refractivity contribution < 1.29 is 9.76 Å². The predicted molar refractivity (Wildman–Crippen MR) is 171 cm³/mol. The molecule has 1 aliphatic carbocycles. The second kappa shape index (κ2) is 10.3. The fraction of sp³-hybridized carbons (Fsp3) is 0.250. The molecule has 6 rings (SSSR count). The number of hydrogen-bond acceptors (Lipinski definition) is 5. The molecule has 0 saturated heterocycles. The Kier molecular flexibility index (Phi) is 6.87. The van der Waals surface area contributed by atoms with E-state index in [2.05, 4.69) is 56.3 Å². The van der Waals surface area contributed by atoms with Gasteiger partial charge >= 0.3 is 7.48 Å². The Morgan fingerprint density at radius 3 is 1.79 bits per heavy atom. The first-order chi connectivity index (χ1) is 19.9. The predicted octanol–water partition coefficient (Wildman–Crippen LogP) is 6.99. The van der Waals surface area contributed by atoms with Crippen LogP contribution in [-0.4, -0.2) is 38.7 Å². The van der Waals surface area contributed by atoms with Gasteiger partial charge in [-0.25, -0.2) is 15.0 Å². The van der Waals surface area contributed by atoms with Gasteiger partial charge in [-0.2, -0.15) is 0 Å². The molecular weight excluding hydrogens is 517 g/mol. The van der Waals surface area contributed by atoms with Gasteiger partial charge in [-0.15, -0.1) is 0 Å². The number of benzene rings is 4. The number of hydrogen-bond donors (Lipinski definition) is 1. The van der Waals surface area contributed by atoms with Crippen LogP contribution < -0.4 is 5.46 Å². The molecule has 5 nitrogen and oxygen atoms in total. The highest BCUT2D eigenvalue weighted by Crippen LogP contribution is 2.49. The molecule has 1 aliphatic rings. The van der Waals surface area contributed by atoms with E-state index in [4.69, 9.17) is 19.6 Å². The third-order valence-corrected chi connectivity index (χ3v) is 8.64. The van der Waals surface area contributed by atoms with Crippen molar-refractivity contribution in [3.63, 3.8) is 0 Å². The van der Waals surface area contributed by atoms with Crippen molar-refractivity contribution in [2.75, 3.05) is 0 Å². The van der Waals surface area contributed by atoms with Crippen molar-refractivity contribution >= 4 is 12.9 Å². The first-order valence-electron chi connectivity index (χ1n) is 14.3. The Hall–Kier alpha value is -4.13. The normalized spacial score (nSPS) is 13.9. The van der Waals surface area contributed by atoms with E-state index in [1.807, 2.05) is 68.4 Å². The summed E-state index contributed by atoms with van der Waals surface area (Å²) in [5, 5.41) is 10.4. The molecule has 1 aromatic heterocycles. The number of fused-ring (bicyclic) bond motifs is 3. The third-order valence-electron chi connectivity index (χ3n) is 8.64. The highest BCUT2D eigenvalue weighted by atomic mass is 16.5. The van der Waals surface area contributed by atoms with Gasteiger partial charge in [0.1, 0.15) is 0 Å². The summed E-state index contributed by atoms with van der Waals surface area (Å²) in [5.74, 6) is 1.87. The summed E-state index contributed by atoms with van der Waals surface area (Å²) >= 11 is 0. The Morgan fingerprint density at radius 1 is 0.619 bits per heavy atom. The number of nitrogens with zero attached hydrogens (tertiary/aromatic N) is 3. The third kappa shape index (κ3) is 5.06. The molecule has 42 heavy (non-hydrogen) atoms. The minimum atomic E-state index is -0.992. The van der Waals surface area contributed by atoms with E-state index in [1.54, 1.807) is 21.3 Å². The lowest BCUT2D eigenvalue weighted by Gasteiger charge is -2.37. The number of aromatic nitrogens is 3. The Balaban J connectivity index is 1.38. The summed E-state index contributed by atoms with van der Waals surface area (Å²) in [7, 11) is 1.68. The molecule has 209 valence electrons. The molecule has 0 spiro atoms. The molecule has 4 aromatic carbocycles. The molecule has 0 atom stereocenters. The van der Waals surface area contributed by atoms with E-state index in [9.17, 15) is 5.11 Å². The lowest BCUT2D eigenvalue weighted by Crippen LogP contribution is -2.49. The summed E-state index contributed by atoms with van der Waals surface area (Å²) in [6, 6.07) is 33.1. The van der Waals surface area contributed by atoms with Crippen molar-refractivity contribution in [3.8, 4) is 45.3 Å². The van der Waals surface area contributed by atoms with Crippen LogP contribution in [0, 0.1) is 0 Å². The van der Waals surface area contributed by atoms with Crippen LogP contribution in [0.15, 0.2) is 97.1 Å². The van der Waals surface area contributed by atoms with Gasteiger partial charge in [0.15, 0.2) is 17.5 Å². The Bertz CT molecular complexity index is 1760. The molecular formula is C36H35BN3O2. The fourth-order valence-electron chi connectivity index (χ4n) is 5.26. The topological polar surface area (TPSA) is 68.1 Å². The number of rotatable bonds is 7. The smallest absolute Gasteiger partial charge is 0.330 e. The van der Waals surface area contributed by atoms with Crippen LogP contribution in [0.5, 0.6) is 0 Å². The van der Waals surface area contributed by atoms with Gasteiger partial charge < -0.3 is 9.76 Å². The van der Waals surface area contributed by atoms with E-state index >= 15 is 0 Å². The zero-order valence-electron chi connectivity index (χ0n) is 25.0. The van der Waals surface area contributed by atoms with Crippen molar-refractivity contribution in [2.45, 2.75) is 58.2 Å². The Labute approximate surface area is 249 Å². The second-order valence-corrected chi connectivity index (χ2v) is 12.5. The molecule has 1 N–H and O–H groups in total. The summed E-state index contributed by atoms with van der Waals surface area (Å²) in [6.45, 7) is 11.8. The maximum absolute atomic E-state index is 10.4. The molecule has 1 heterocycles. The maximum atomic E-state index is 10.4. The molecule has 0 bridgehead atoms. The molecule has 0 unspecified atom stereocenters. The number of aliphatic hydroxyl groups is 1. The average Bonchev–Trinajstić information content (AvgIpc) is 3.22. The van der Waals surface area contributed by atoms with E-state index in [0.717, 1.165) is 22.2 Å². The van der Waals surface area contributed by atoms with Gasteiger partial charge in [-0.3, -0.25) is 0 Å². The van der Waals surface area contributed by atoms with Crippen LogP contribution in [0.2, 0.25) is 0 Å². The molecule has 6 heteroatoms. The summed E-state index contributed by atoms with van der Waals surface area (Å²) in [4.78, 5) is 14.8. The molecule has 0 saturated carbocycles. The highest BCUT2D eigenvalue weighted by Gasteiger charge is 2.36. The fourth-order valence-corrected chi connectivity index (χ4v) is 5.26. The van der Waals surface area contributed by atoms with Crippen LogP contribution in [0.1, 0.15) is 52.7 Å². The van der Waals surface area contributed by atoms with Crippen LogP contribution in [-0.2, 0) is 10.1 Å². The maximum Gasteiger partial charge on any atom is 0.330 e. The van der Waals surface area contributed by atoms with Gasteiger partial charge in [0.05, 0.1) is 11.2 Å². The van der Waals surface area contributed by atoms with Gasteiger partial charge in [0.2, 0.25) is 0 Å². The molecule has 0 amide bonds. The molecule has 5 aromatic rings. The van der Waals surface area contributed by atoms with Gasteiger partial charge in [0, 0.05) is 22.1 Å². The van der Waals surface area contributed by atoms with Crippen LogP contribution >= 0.6 is 0 Å². The van der Waals surface area contributed by atoms with Crippen LogP contribution in [0.3, 0.4) is 0 Å². The molecule has 1 radical (unpaired) electrons.